The zero-order chi connectivity index (χ0) is 13.9. The van der Waals surface area contributed by atoms with Gasteiger partial charge in [0.1, 0.15) is 0 Å². The number of anilines is 1. The van der Waals surface area contributed by atoms with Crippen LogP contribution in [0.15, 0.2) is 18.2 Å². The van der Waals surface area contributed by atoms with E-state index in [2.05, 4.69) is 5.32 Å². The molecule has 0 saturated carbocycles. The second kappa shape index (κ2) is 6.09. The third kappa shape index (κ3) is 3.03. The van der Waals surface area contributed by atoms with Crippen LogP contribution in [-0.4, -0.2) is 25.7 Å². The van der Waals surface area contributed by atoms with Gasteiger partial charge in [0.05, 0.1) is 21.1 Å². The van der Waals surface area contributed by atoms with Crippen LogP contribution >= 0.6 is 23.2 Å². The Balaban J connectivity index is 2.17. The van der Waals surface area contributed by atoms with Crippen LogP contribution in [0, 0.1) is 5.41 Å². The van der Waals surface area contributed by atoms with E-state index in [1.165, 1.54) is 0 Å². The third-order valence-corrected chi connectivity index (χ3v) is 4.34. The predicted molar refractivity (Wildman–Crippen MR) is 76.6 cm³/mol. The lowest BCUT2D eigenvalue weighted by atomic mass is 9.79. The number of hydrogen-bond donors (Lipinski definition) is 2. The first-order valence-electron chi connectivity index (χ1n) is 6.12. The molecule has 0 atom stereocenters. The standard InChI is InChI=1S/C13H16Cl2N2O2/c14-9-2-1-3-10(11(9)15)17-12(18)13(8-16)4-6-19-7-5-13/h1-3H,4-8,16H2,(H,17,18). The van der Waals surface area contributed by atoms with Crippen LogP contribution < -0.4 is 11.1 Å². The van der Waals surface area contributed by atoms with Crippen molar-refractivity contribution in [2.45, 2.75) is 12.8 Å². The molecule has 0 spiro atoms. The van der Waals surface area contributed by atoms with E-state index in [1.54, 1.807) is 18.2 Å². The Morgan fingerprint density at radius 3 is 2.68 bits per heavy atom. The number of carbonyl (C=O) groups is 1. The maximum absolute atomic E-state index is 12.4. The van der Waals surface area contributed by atoms with Crippen molar-refractivity contribution in [2.24, 2.45) is 11.1 Å². The molecule has 1 aliphatic rings. The summed E-state index contributed by atoms with van der Waals surface area (Å²) in [5.41, 5.74) is 5.72. The molecule has 0 unspecified atom stereocenters. The van der Waals surface area contributed by atoms with Gasteiger partial charge in [-0.2, -0.15) is 0 Å². The van der Waals surface area contributed by atoms with Crippen molar-refractivity contribution in [2.75, 3.05) is 25.1 Å². The minimum atomic E-state index is -0.579. The zero-order valence-corrected chi connectivity index (χ0v) is 11.9. The SMILES string of the molecule is NCC1(C(=O)Nc2cccc(Cl)c2Cl)CCOCC1. The molecular weight excluding hydrogens is 287 g/mol. The number of benzene rings is 1. The molecule has 19 heavy (non-hydrogen) atoms. The van der Waals surface area contributed by atoms with Gasteiger partial charge in [0.15, 0.2) is 0 Å². The number of ether oxygens (including phenoxy) is 1. The molecule has 0 radical (unpaired) electrons. The predicted octanol–water partition coefficient (Wildman–Crippen LogP) is 2.69. The van der Waals surface area contributed by atoms with Gasteiger partial charge in [-0.15, -0.1) is 0 Å². The van der Waals surface area contributed by atoms with Crippen molar-refractivity contribution >= 4 is 34.8 Å². The van der Waals surface area contributed by atoms with Crippen LogP contribution in [-0.2, 0) is 9.53 Å². The summed E-state index contributed by atoms with van der Waals surface area (Å²) in [5, 5.41) is 3.58. The van der Waals surface area contributed by atoms with Gasteiger partial charge in [-0.3, -0.25) is 4.79 Å². The van der Waals surface area contributed by atoms with E-state index in [-0.39, 0.29) is 5.91 Å². The number of nitrogens with one attached hydrogen (secondary N) is 1. The van der Waals surface area contributed by atoms with Crippen LogP contribution in [0.3, 0.4) is 0 Å². The Hall–Kier alpha value is -0.810. The first-order valence-corrected chi connectivity index (χ1v) is 6.88. The Kier molecular flexibility index (Phi) is 4.68. The summed E-state index contributed by atoms with van der Waals surface area (Å²) in [7, 11) is 0. The van der Waals surface area contributed by atoms with Gasteiger partial charge < -0.3 is 15.8 Å². The first kappa shape index (κ1) is 14.6. The lowest BCUT2D eigenvalue weighted by molar-refractivity contribution is -0.130. The second-order valence-corrected chi connectivity index (χ2v) is 5.44. The summed E-state index contributed by atoms with van der Waals surface area (Å²) in [6.45, 7) is 1.39. The van der Waals surface area contributed by atoms with Gasteiger partial charge in [0.25, 0.3) is 0 Å². The summed E-state index contributed by atoms with van der Waals surface area (Å²) in [4.78, 5) is 12.4. The highest BCUT2D eigenvalue weighted by Crippen LogP contribution is 2.34. The van der Waals surface area contributed by atoms with E-state index in [1.807, 2.05) is 0 Å². The van der Waals surface area contributed by atoms with Crippen molar-refractivity contribution in [3.63, 3.8) is 0 Å². The Bertz CT molecular complexity index is 474. The number of nitrogens with two attached hydrogens (primary N) is 1. The molecule has 0 aliphatic carbocycles. The summed E-state index contributed by atoms with van der Waals surface area (Å²) < 4.78 is 5.29. The van der Waals surface area contributed by atoms with Crippen LogP contribution in [0.4, 0.5) is 5.69 Å². The molecule has 4 nitrogen and oxygen atoms in total. The molecule has 0 bridgehead atoms. The van der Waals surface area contributed by atoms with Crippen LogP contribution in [0.25, 0.3) is 0 Å². The minimum absolute atomic E-state index is 0.123. The number of rotatable bonds is 3. The van der Waals surface area contributed by atoms with Gasteiger partial charge in [0, 0.05) is 19.8 Å². The van der Waals surface area contributed by atoms with E-state index in [9.17, 15) is 4.79 Å². The van der Waals surface area contributed by atoms with Crippen molar-refractivity contribution in [3.8, 4) is 0 Å². The van der Waals surface area contributed by atoms with E-state index < -0.39 is 5.41 Å². The smallest absolute Gasteiger partial charge is 0.232 e. The molecule has 1 aromatic rings. The summed E-state index contributed by atoms with van der Waals surface area (Å²) >= 11 is 12.0. The molecule has 3 N–H and O–H groups in total. The van der Waals surface area contributed by atoms with Crippen molar-refractivity contribution < 1.29 is 9.53 Å². The number of carbonyl (C=O) groups excluding carboxylic acids is 1. The number of hydrogen-bond acceptors (Lipinski definition) is 3. The van der Waals surface area contributed by atoms with Gasteiger partial charge in [-0.05, 0) is 25.0 Å². The molecule has 0 aromatic heterocycles. The van der Waals surface area contributed by atoms with E-state index >= 15 is 0 Å². The van der Waals surface area contributed by atoms with Gasteiger partial charge in [-0.1, -0.05) is 29.3 Å². The maximum atomic E-state index is 12.4. The lowest BCUT2D eigenvalue weighted by Crippen LogP contribution is -2.46. The average molecular weight is 303 g/mol. The van der Waals surface area contributed by atoms with Crippen LogP contribution in [0.5, 0.6) is 0 Å². The Morgan fingerprint density at radius 2 is 2.05 bits per heavy atom. The maximum Gasteiger partial charge on any atom is 0.232 e. The van der Waals surface area contributed by atoms with E-state index in [0.717, 1.165) is 0 Å². The molecular formula is C13H16Cl2N2O2. The molecule has 6 heteroatoms. The largest absolute Gasteiger partial charge is 0.381 e. The fourth-order valence-corrected chi connectivity index (χ4v) is 2.49. The second-order valence-electron chi connectivity index (χ2n) is 4.65. The molecule has 1 aliphatic heterocycles. The molecule has 1 saturated heterocycles. The summed E-state index contributed by atoms with van der Waals surface area (Å²) in [6.07, 6.45) is 1.24. The first-order chi connectivity index (χ1) is 9.09. The monoisotopic (exact) mass is 302 g/mol. The van der Waals surface area contributed by atoms with Crippen molar-refractivity contribution in [1.82, 2.24) is 0 Å². The Labute approximate surface area is 122 Å². The minimum Gasteiger partial charge on any atom is -0.381 e. The van der Waals surface area contributed by atoms with Crippen LogP contribution in [0.1, 0.15) is 12.8 Å². The fraction of sp³-hybridized carbons (Fsp3) is 0.462. The molecule has 1 amide bonds. The molecule has 1 fully saturated rings. The van der Waals surface area contributed by atoms with Crippen molar-refractivity contribution in [3.05, 3.63) is 28.2 Å². The van der Waals surface area contributed by atoms with E-state index in [0.29, 0.717) is 48.3 Å². The highest BCUT2D eigenvalue weighted by atomic mass is 35.5. The summed E-state index contributed by atoms with van der Waals surface area (Å²) in [6, 6.07) is 5.13. The molecule has 2 rings (SSSR count). The Morgan fingerprint density at radius 1 is 1.37 bits per heavy atom. The number of halogens is 2. The van der Waals surface area contributed by atoms with Gasteiger partial charge in [-0.25, -0.2) is 0 Å². The number of amides is 1. The molecule has 1 heterocycles. The fourth-order valence-electron chi connectivity index (χ4n) is 2.14. The van der Waals surface area contributed by atoms with Crippen LogP contribution in [0.2, 0.25) is 10.0 Å². The van der Waals surface area contributed by atoms with Gasteiger partial charge >= 0.3 is 0 Å². The molecule has 1 aromatic carbocycles. The summed E-state index contributed by atoms with van der Waals surface area (Å²) in [5.74, 6) is -0.123. The molecule has 104 valence electrons. The third-order valence-electron chi connectivity index (χ3n) is 3.52. The highest BCUT2D eigenvalue weighted by molar-refractivity contribution is 6.44. The average Bonchev–Trinajstić information content (AvgIpc) is 2.44. The lowest BCUT2D eigenvalue weighted by Gasteiger charge is -2.34. The van der Waals surface area contributed by atoms with Crippen molar-refractivity contribution in [1.29, 1.82) is 0 Å². The highest BCUT2D eigenvalue weighted by Gasteiger charge is 2.39. The topological polar surface area (TPSA) is 64.4 Å². The quantitative estimate of drug-likeness (QED) is 0.902. The normalized spacial score (nSPS) is 18.1. The zero-order valence-electron chi connectivity index (χ0n) is 10.4. The van der Waals surface area contributed by atoms with E-state index in [4.69, 9.17) is 33.7 Å². The van der Waals surface area contributed by atoms with Gasteiger partial charge in [0.2, 0.25) is 5.91 Å².